The summed E-state index contributed by atoms with van der Waals surface area (Å²) in [6, 6.07) is 7.19. The molecule has 1 aliphatic heterocycles. The van der Waals surface area contributed by atoms with E-state index >= 15 is 0 Å². The minimum atomic E-state index is 0.406. The summed E-state index contributed by atoms with van der Waals surface area (Å²) in [5.74, 6) is 3.02. The zero-order valence-electron chi connectivity index (χ0n) is 10.7. The number of hydrogen-bond acceptors (Lipinski definition) is 3. The van der Waals surface area contributed by atoms with Crippen LogP contribution in [0.1, 0.15) is 30.4 Å². The topological polar surface area (TPSA) is 32.3 Å². The Kier molecular flexibility index (Phi) is 3.80. The summed E-state index contributed by atoms with van der Waals surface area (Å²) in [5.41, 5.74) is 2.76. The molecule has 2 unspecified atom stereocenters. The highest BCUT2D eigenvalue weighted by molar-refractivity contribution is 7.99. The van der Waals surface area contributed by atoms with E-state index in [1.54, 1.807) is 0 Å². The third kappa shape index (κ3) is 2.83. The molecule has 2 atom stereocenters. The standard InChI is InChI=1S/C15H21NOS/c17-15-6-4-11-8-13(5-3-12(11)9-15)16-14-2-1-7-18-10-14/h4,6,9,13-14,16-17H,1-3,5,7-8,10H2. The van der Waals surface area contributed by atoms with Crippen molar-refractivity contribution in [3.63, 3.8) is 0 Å². The summed E-state index contributed by atoms with van der Waals surface area (Å²) in [6.07, 6.45) is 6.13. The average molecular weight is 263 g/mol. The first-order valence-corrected chi connectivity index (χ1v) is 8.11. The molecular formula is C15H21NOS. The van der Waals surface area contributed by atoms with Gasteiger partial charge in [-0.25, -0.2) is 0 Å². The van der Waals surface area contributed by atoms with Gasteiger partial charge in [-0.05, 0) is 61.1 Å². The molecule has 18 heavy (non-hydrogen) atoms. The molecule has 2 aliphatic rings. The van der Waals surface area contributed by atoms with Crippen molar-refractivity contribution in [1.29, 1.82) is 0 Å². The lowest BCUT2D eigenvalue weighted by Crippen LogP contribution is -2.43. The number of rotatable bonds is 2. The maximum atomic E-state index is 9.50. The van der Waals surface area contributed by atoms with Gasteiger partial charge >= 0.3 is 0 Å². The normalized spacial score (nSPS) is 27.8. The number of fused-ring (bicyclic) bond motifs is 1. The van der Waals surface area contributed by atoms with E-state index in [4.69, 9.17) is 0 Å². The minimum Gasteiger partial charge on any atom is -0.508 e. The molecule has 1 saturated heterocycles. The van der Waals surface area contributed by atoms with Gasteiger partial charge in [0.15, 0.2) is 0 Å². The molecule has 0 radical (unpaired) electrons. The molecule has 0 saturated carbocycles. The molecule has 0 bridgehead atoms. The monoisotopic (exact) mass is 263 g/mol. The fourth-order valence-electron chi connectivity index (χ4n) is 3.09. The fraction of sp³-hybridized carbons (Fsp3) is 0.600. The lowest BCUT2D eigenvalue weighted by atomic mass is 9.87. The summed E-state index contributed by atoms with van der Waals surface area (Å²) in [7, 11) is 0. The predicted octanol–water partition coefficient (Wildman–Crippen LogP) is 2.73. The van der Waals surface area contributed by atoms with E-state index in [0.717, 1.165) is 12.8 Å². The zero-order valence-corrected chi connectivity index (χ0v) is 11.5. The highest BCUT2D eigenvalue weighted by Crippen LogP contribution is 2.26. The van der Waals surface area contributed by atoms with Gasteiger partial charge in [0, 0.05) is 17.8 Å². The lowest BCUT2D eigenvalue weighted by Gasteiger charge is -2.31. The molecular weight excluding hydrogens is 242 g/mol. The van der Waals surface area contributed by atoms with Crippen LogP contribution in [0.2, 0.25) is 0 Å². The van der Waals surface area contributed by atoms with Crippen LogP contribution in [0.25, 0.3) is 0 Å². The smallest absolute Gasteiger partial charge is 0.115 e. The number of hydrogen-bond donors (Lipinski definition) is 2. The number of aromatic hydroxyl groups is 1. The van der Waals surface area contributed by atoms with Crippen LogP contribution in [0.3, 0.4) is 0 Å². The van der Waals surface area contributed by atoms with Crippen molar-refractivity contribution in [3.05, 3.63) is 29.3 Å². The SMILES string of the molecule is Oc1ccc2c(c1)CCC(NC1CCCSC1)C2. The number of phenols is 1. The van der Waals surface area contributed by atoms with E-state index in [0.29, 0.717) is 17.8 Å². The Morgan fingerprint density at radius 3 is 2.94 bits per heavy atom. The molecule has 1 heterocycles. The van der Waals surface area contributed by atoms with Crippen LogP contribution in [0, 0.1) is 0 Å². The molecule has 1 aliphatic carbocycles. The molecule has 1 aromatic rings. The van der Waals surface area contributed by atoms with E-state index in [9.17, 15) is 5.11 Å². The Morgan fingerprint density at radius 1 is 1.17 bits per heavy atom. The van der Waals surface area contributed by atoms with Gasteiger partial charge in [0.05, 0.1) is 0 Å². The van der Waals surface area contributed by atoms with Gasteiger partial charge in [-0.3, -0.25) is 0 Å². The second kappa shape index (κ2) is 5.54. The summed E-state index contributed by atoms with van der Waals surface area (Å²) in [6.45, 7) is 0. The molecule has 0 aromatic heterocycles. The van der Waals surface area contributed by atoms with E-state index < -0.39 is 0 Å². The maximum Gasteiger partial charge on any atom is 0.115 e. The number of thioether (sulfide) groups is 1. The minimum absolute atomic E-state index is 0.406. The molecule has 3 heteroatoms. The van der Waals surface area contributed by atoms with Crippen molar-refractivity contribution in [2.24, 2.45) is 0 Å². The third-order valence-corrected chi connectivity index (χ3v) is 5.27. The van der Waals surface area contributed by atoms with Gasteiger partial charge in [-0.15, -0.1) is 0 Å². The highest BCUT2D eigenvalue weighted by atomic mass is 32.2. The number of phenolic OH excluding ortho intramolecular Hbond substituents is 1. The van der Waals surface area contributed by atoms with Crippen molar-refractivity contribution >= 4 is 11.8 Å². The first-order chi connectivity index (χ1) is 8.81. The second-order valence-corrected chi connectivity index (χ2v) is 6.62. The Bertz CT molecular complexity index is 415. The van der Waals surface area contributed by atoms with Crippen LogP contribution in [-0.4, -0.2) is 28.7 Å². The Morgan fingerprint density at radius 2 is 2.11 bits per heavy atom. The van der Waals surface area contributed by atoms with Gasteiger partial charge in [0.25, 0.3) is 0 Å². The van der Waals surface area contributed by atoms with E-state index in [1.165, 1.54) is 41.9 Å². The summed E-state index contributed by atoms with van der Waals surface area (Å²) in [5, 5.41) is 13.3. The van der Waals surface area contributed by atoms with Crippen molar-refractivity contribution in [3.8, 4) is 5.75 Å². The Labute approximate surface area is 113 Å². The van der Waals surface area contributed by atoms with E-state index in [1.807, 2.05) is 12.1 Å². The predicted molar refractivity (Wildman–Crippen MR) is 77.4 cm³/mol. The van der Waals surface area contributed by atoms with Gasteiger partial charge in [-0.1, -0.05) is 6.07 Å². The second-order valence-electron chi connectivity index (χ2n) is 5.47. The van der Waals surface area contributed by atoms with Crippen LogP contribution < -0.4 is 5.32 Å². The van der Waals surface area contributed by atoms with Crippen molar-refractivity contribution in [1.82, 2.24) is 5.32 Å². The average Bonchev–Trinajstić information content (AvgIpc) is 2.40. The highest BCUT2D eigenvalue weighted by Gasteiger charge is 2.22. The Hall–Kier alpha value is -0.670. The van der Waals surface area contributed by atoms with E-state index in [-0.39, 0.29) is 0 Å². The van der Waals surface area contributed by atoms with Gasteiger partial charge in [0.1, 0.15) is 5.75 Å². The first-order valence-electron chi connectivity index (χ1n) is 6.96. The van der Waals surface area contributed by atoms with E-state index in [2.05, 4.69) is 23.1 Å². The summed E-state index contributed by atoms with van der Waals surface area (Å²) < 4.78 is 0. The number of aryl methyl sites for hydroxylation is 1. The first kappa shape index (κ1) is 12.4. The van der Waals surface area contributed by atoms with Crippen molar-refractivity contribution < 1.29 is 5.11 Å². The summed E-state index contributed by atoms with van der Waals surface area (Å²) >= 11 is 2.08. The van der Waals surface area contributed by atoms with Crippen LogP contribution >= 0.6 is 11.8 Å². The lowest BCUT2D eigenvalue weighted by molar-refractivity contribution is 0.391. The van der Waals surface area contributed by atoms with Gasteiger partial charge in [0.2, 0.25) is 0 Å². The largest absolute Gasteiger partial charge is 0.508 e. The van der Waals surface area contributed by atoms with Gasteiger partial charge in [-0.2, -0.15) is 11.8 Å². The summed E-state index contributed by atoms with van der Waals surface area (Å²) in [4.78, 5) is 0. The van der Waals surface area contributed by atoms with Crippen LogP contribution in [0.5, 0.6) is 5.75 Å². The molecule has 3 rings (SSSR count). The molecule has 1 aromatic carbocycles. The molecule has 0 amide bonds. The molecule has 2 N–H and O–H groups in total. The zero-order chi connectivity index (χ0) is 12.4. The van der Waals surface area contributed by atoms with Gasteiger partial charge < -0.3 is 10.4 Å². The number of benzene rings is 1. The third-order valence-electron chi connectivity index (χ3n) is 4.05. The van der Waals surface area contributed by atoms with Crippen LogP contribution in [0.15, 0.2) is 18.2 Å². The Balaban J connectivity index is 1.62. The molecule has 1 fully saturated rings. The molecule has 0 spiro atoms. The van der Waals surface area contributed by atoms with Crippen LogP contribution in [-0.2, 0) is 12.8 Å². The quantitative estimate of drug-likeness (QED) is 0.860. The maximum absolute atomic E-state index is 9.50. The molecule has 98 valence electrons. The van der Waals surface area contributed by atoms with Crippen LogP contribution in [0.4, 0.5) is 0 Å². The fourth-order valence-corrected chi connectivity index (χ4v) is 4.17. The number of nitrogens with one attached hydrogen (secondary N) is 1. The van der Waals surface area contributed by atoms with Crippen molar-refractivity contribution in [2.45, 2.75) is 44.2 Å². The van der Waals surface area contributed by atoms with Crippen molar-refractivity contribution in [2.75, 3.05) is 11.5 Å². The molecule has 2 nitrogen and oxygen atoms in total.